The van der Waals surface area contributed by atoms with Crippen molar-refractivity contribution in [1.82, 2.24) is 9.97 Å². The number of hydrogen-bond donors (Lipinski definition) is 2. The molecular formula is C20H21ClN4O2. The number of aromatic nitrogens is 2. The summed E-state index contributed by atoms with van der Waals surface area (Å²) in [7, 11) is 1.58. The number of rotatable bonds is 7. The Morgan fingerprint density at radius 2 is 1.70 bits per heavy atom. The number of ether oxygens (including phenoxy) is 2. The molecule has 0 radical (unpaired) electrons. The van der Waals surface area contributed by atoms with Gasteiger partial charge in [-0.25, -0.2) is 4.98 Å². The Morgan fingerprint density at radius 1 is 0.963 bits per heavy atom. The molecule has 0 unspecified atom stereocenters. The standard InChI is InChI=1S/C20H21ClN4O2/c1-13(2)27-16-7-4-14(5-8-16)24-20-22-11-10-19(25-20)23-15-6-9-18(26-3)17(21)12-15/h4-13H,1-3H3,(H2,22,23,24,25). The van der Waals surface area contributed by atoms with E-state index in [9.17, 15) is 0 Å². The summed E-state index contributed by atoms with van der Waals surface area (Å²) < 4.78 is 10.8. The van der Waals surface area contributed by atoms with Gasteiger partial charge in [-0.05, 0) is 62.4 Å². The van der Waals surface area contributed by atoms with Crippen LogP contribution in [0, 0.1) is 0 Å². The third-order valence-electron chi connectivity index (χ3n) is 3.56. The maximum absolute atomic E-state index is 6.16. The molecule has 2 aromatic carbocycles. The van der Waals surface area contributed by atoms with Crippen molar-refractivity contribution in [2.45, 2.75) is 20.0 Å². The summed E-state index contributed by atoms with van der Waals surface area (Å²) in [5.41, 5.74) is 1.68. The van der Waals surface area contributed by atoms with Crippen LogP contribution in [-0.2, 0) is 0 Å². The van der Waals surface area contributed by atoms with Crippen LogP contribution in [0.5, 0.6) is 11.5 Å². The third kappa shape index (κ3) is 5.24. The highest BCUT2D eigenvalue weighted by molar-refractivity contribution is 6.32. The monoisotopic (exact) mass is 384 g/mol. The van der Waals surface area contributed by atoms with Gasteiger partial charge < -0.3 is 20.1 Å². The zero-order chi connectivity index (χ0) is 19.2. The molecule has 0 bridgehead atoms. The minimum absolute atomic E-state index is 0.140. The first-order valence-electron chi connectivity index (χ1n) is 8.51. The van der Waals surface area contributed by atoms with Gasteiger partial charge in [0.15, 0.2) is 0 Å². The van der Waals surface area contributed by atoms with Crippen LogP contribution < -0.4 is 20.1 Å². The van der Waals surface area contributed by atoms with Crippen LogP contribution in [0.25, 0.3) is 0 Å². The molecule has 1 aromatic heterocycles. The van der Waals surface area contributed by atoms with E-state index in [0.29, 0.717) is 22.5 Å². The SMILES string of the molecule is COc1ccc(Nc2ccnc(Nc3ccc(OC(C)C)cc3)n2)cc1Cl. The summed E-state index contributed by atoms with van der Waals surface area (Å²) in [6.45, 7) is 3.99. The first-order chi connectivity index (χ1) is 13.0. The first-order valence-corrected chi connectivity index (χ1v) is 8.88. The van der Waals surface area contributed by atoms with Crippen LogP contribution in [-0.4, -0.2) is 23.2 Å². The van der Waals surface area contributed by atoms with Gasteiger partial charge in [-0.2, -0.15) is 4.98 Å². The molecule has 0 aliphatic heterocycles. The van der Waals surface area contributed by atoms with Gasteiger partial charge in [0.1, 0.15) is 17.3 Å². The number of hydrogen-bond acceptors (Lipinski definition) is 6. The average molecular weight is 385 g/mol. The van der Waals surface area contributed by atoms with E-state index in [-0.39, 0.29) is 6.10 Å². The first kappa shape index (κ1) is 18.8. The number of nitrogens with zero attached hydrogens (tertiary/aromatic N) is 2. The zero-order valence-corrected chi connectivity index (χ0v) is 16.1. The van der Waals surface area contributed by atoms with Crippen LogP contribution in [0.3, 0.4) is 0 Å². The summed E-state index contributed by atoms with van der Waals surface area (Å²) in [4.78, 5) is 8.72. The van der Waals surface area contributed by atoms with Crippen LogP contribution in [0.4, 0.5) is 23.1 Å². The number of anilines is 4. The van der Waals surface area contributed by atoms with E-state index in [1.807, 2.05) is 44.2 Å². The Morgan fingerprint density at radius 3 is 2.37 bits per heavy atom. The fraction of sp³-hybridized carbons (Fsp3) is 0.200. The van der Waals surface area contributed by atoms with Gasteiger partial charge in [-0.15, -0.1) is 0 Å². The molecule has 0 saturated carbocycles. The van der Waals surface area contributed by atoms with Crippen molar-refractivity contribution in [1.29, 1.82) is 0 Å². The molecule has 2 N–H and O–H groups in total. The molecule has 0 amide bonds. The maximum Gasteiger partial charge on any atom is 0.229 e. The van der Waals surface area contributed by atoms with Gasteiger partial charge >= 0.3 is 0 Å². The lowest BCUT2D eigenvalue weighted by atomic mass is 10.3. The number of nitrogens with one attached hydrogen (secondary N) is 2. The Hall–Kier alpha value is -2.99. The molecule has 3 aromatic rings. The molecule has 0 atom stereocenters. The van der Waals surface area contributed by atoms with E-state index in [4.69, 9.17) is 21.1 Å². The second-order valence-corrected chi connectivity index (χ2v) is 6.46. The van der Waals surface area contributed by atoms with Crippen molar-refractivity contribution < 1.29 is 9.47 Å². The summed E-state index contributed by atoms with van der Waals surface area (Å²) in [6, 6.07) is 14.9. The van der Waals surface area contributed by atoms with E-state index in [0.717, 1.165) is 17.1 Å². The molecular weight excluding hydrogens is 364 g/mol. The van der Waals surface area contributed by atoms with Crippen molar-refractivity contribution in [3.05, 3.63) is 59.8 Å². The van der Waals surface area contributed by atoms with Gasteiger partial charge in [0.05, 0.1) is 18.2 Å². The van der Waals surface area contributed by atoms with Crippen molar-refractivity contribution in [2.75, 3.05) is 17.7 Å². The molecule has 0 saturated heterocycles. The largest absolute Gasteiger partial charge is 0.495 e. The molecule has 3 rings (SSSR count). The highest BCUT2D eigenvalue weighted by Crippen LogP contribution is 2.28. The molecule has 0 aliphatic carbocycles. The Bertz CT molecular complexity index is 901. The van der Waals surface area contributed by atoms with E-state index in [2.05, 4.69) is 20.6 Å². The lowest BCUT2D eigenvalue weighted by Crippen LogP contribution is -2.05. The summed E-state index contributed by atoms with van der Waals surface area (Å²) in [6.07, 6.45) is 1.82. The van der Waals surface area contributed by atoms with E-state index in [1.165, 1.54) is 0 Å². The molecule has 0 spiro atoms. The van der Waals surface area contributed by atoms with E-state index < -0.39 is 0 Å². The fourth-order valence-corrected chi connectivity index (χ4v) is 2.66. The summed E-state index contributed by atoms with van der Waals surface area (Å²) >= 11 is 6.16. The van der Waals surface area contributed by atoms with Gasteiger partial charge in [-0.3, -0.25) is 0 Å². The topological polar surface area (TPSA) is 68.3 Å². The molecule has 0 aliphatic rings. The van der Waals surface area contributed by atoms with Crippen LogP contribution in [0.2, 0.25) is 5.02 Å². The lowest BCUT2D eigenvalue weighted by Gasteiger charge is -2.11. The quantitative estimate of drug-likeness (QED) is 0.567. The number of methoxy groups -OCH3 is 1. The predicted octanol–water partition coefficient (Wildman–Crippen LogP) is 5.41. The van der Waals surface area contributed by atoms with E-state index >= 15 is 0 Å². The highest BCUT2D eigenvalue weighted by Gasteiger charge is 2.05. The smallest absolute Gasteiger partial charge is 0.229 e. The van der Waals surface area contributed by atoms with Crippen molar-refractivity contribution in [3.8, 4) is 11.5 Å². The minimum atomic E-state index is 0.140. The zero-order valence-electron chi connectivity index (χ0n) is 15.4. The Kier molecular flexibility index (Phi) is 5.98. The second-order valence-electron chi connectivity index (χ2n) is 6.06. The van der Waals surface area contributed by atoms with Gasteiger partial charge in [0.2, 0.25) is 5.95 Å². The summed E-state index contributed by atoms with van der Waals surface area (Å²) in [5, 5.41) is 6.90. The lowest BCUT2D eigenvalue weighted by molar-refractivity contribution is 0.242. The van der Waals surface area contributed by atoms with Gasteiger partial charge in [0, 0.05) is 17.6 Å². The van der Waals surface area contributed by atoms with Gasteiger partial charge in [0.25, 0.3) is 0 Å². The Labute approximate surface area is 163 Å². The van der Waals surface area contributed by atoms with Crippen molar-refractivity contribution in [3.63, 3.8) is 0 Å². The van der Waals surface area contributed by atoms with Crippen LogP contribution >= 0.6 is 11.6 Å². The normalized spacial score (nSPS) is 10.6. The van der Waals surface area contributed by atoms with Gasteiger partial charge in [-0.1, -0.05) is 11.6 Å². The maximum atomic E-state index is 6.16. The highest BCUT2D eigenvalue weighted by atomic mass is 35.5. The van der Waals surface area contributed by atoms with Crippen LogP contribution in [0.1, 0.15) is 13.8 Å². The molecule has 7 heteroatoms. The van der Waals surface area contributed by atoms with Crippen molar-refractivity contribution in [2.24, 2.45) is 0 Å². The fourth-order valence-electron chi connectivity index (χ4n) is 2.40. The molecule has 6 nitrogen and oxygen atoms in total. The molecule has 0 fully saturated rings. The number of benzene rings is 2. The minimum Gasteiger partial charge on any atom is -0.495 e. The molecule has 1 heterocycles. The second kappa shape index (κ2) is 8.60. The molecule has 27 heavy (non-hydrogen) atoms. The summed E-state index contributed by atoms with van der Waals surface area (Å²) in [5.74, 6) is 2.58. The number of halogens is 1. The Balaban J connectivity index is 1.69. The van der Waals surface area contributed by atoms with E-state index in [1.54, 1.807) is 31.5 Å². The molecule has 140 valence electrons. The van der Waals surface area contributed by atoms with Crippen LogP contribution in [0.15, 0.2) is 54.7 Å². The van der Waals surface area contributed by atoms with Crippen molar-refractivity contribution >= 4 is 34.7 Å². The predicted molar refractivity (Wildman–Crippen MR) is 109 cm³/mol. The third-order valence-corrected chi connectivity index (χ3v) is 3.86. The average Bonchev–Trinajstić information content (AvgIpc) is 2.63.